The summed E-state index contributed by atoms with van der Waals surface area (Å²) < 4.78 is 28.4. The smallest absolute Gasteiger partial charge is 0.480 e. The zero-order chi connectivity index (χ0) is 29.9. The minimum atomic E-state index is -3.78. The van der Waals surface area contributed by atoms with Crippen LogP contribution >= 0.6 is 11.8 Å². The Morgan fingerprint density at radius 3 is 2.40 bits per heavy atom. The van der Waals surface area contributed by atoms with E-state index in [9.17, 15) is 23.1 Å². The van der Waals surface area contributed by atoms with E-state index in [-0.39, 0.29) is 31.0 Å². The van der Waals surface area contributed by atoms with Crippen molar-refractivity contribution < 1.29 is 42.0 Å². The van der Waals surface area contributed by atoms with Gasteiger partial charge >= 0.3 is 24.8 Å². The van der Waals surface area contributed by atoms with Gasteiger partial charge in [0.15, 0.2) is 9.84 Å². The molecule has 42 heavy (non-hydrogen) atoms. The first-order chi connectivity index (χ1) is 19.7. The number of hydrogen-bond acceptors (Lipinski definition) is 6. The Kier molecular flexibility index (Phi) is 14.6. The first kappa shape index (κ1) is 35.9. The van der Waals surface area contributed by atoms with Crippen LogP contribution in [0, 0.1) is 12.8 Å². The number of carboxylic acid groups (broad SMARTS) is 1. The summed E-state index contributed by atoms with van der Waals surface area (Å²) in [6, 6.07) is 16.3. The molecular formula is C32H42LiN2O5S2+. The summed E-state index contributed by atoms with van der Waals surface area (Å²) in [6.45, 7) is 4.24. The van der Waals surface area contributed by atoms with E-state index in [4.69, 9.17) is 0 Å². The van der Waals surface area contributed by atoms with E-state index in [1.165, 1.54) is 11.8 Å². The van der Waals surface area contributed by atoms with Gasteiger partial charge in [-0.3, -0.25) is 10.1 Å². The zero-order valence-corrected chi connectivity index (χ0v) is 26.7. The molecule has 3 N–H and O–H groups in total. The molecule has 0 aliphatic heterocycles. The summed E-state index contributed by atoms with van der Waals surface area (Å²) in [5, 5.41) is 14.8. The average molecular weight is 606 g/mol. The maximum absolute atomic E-state index is 14.2. The number of rotatable bonds is 16. The maximum Gasteiger partial charge on any atom is 1.00 e. The van der Waals surface area contributed by atoms with E-state index in [0.717, 1.165) is 11.1 Å². The molecule has 3 rings (SSSR count). The van der Waals surface area contributed by atoms with Gasteiger partial charge in [-0.1, -0.05) is 92.2 Å². The summed E-state index contributed by atoms with van der Waals surface area (Å²) in [6.07, 6.45) is 11.0. The molecule has 0 radical (unpaired) electrons. The molecule has 0 aromatic heterocycles. The number of amides is 1. The summed E-state index contributed by atoms with van der Waals surface area (Å²) in [4.78, 5) is 26.1. The fraction of sp³-hybridized carbons (Fsp3) is 0.438. The average Bonchev–Trinajstić information content (AvgIpc) is 2.96. The molecule has 0 saturated carbocycles. The molecule has 0 fully saturated rings. The fourth-order valence-electron chi connectivity index (χ4n) is 5.47. The number of aliphatic carboxylic acids is 1. The Morgan fingerprint density at radius 2 is 1.76 bits per heavy atom. The van der Waals surface area contributed by atoms with E-state index >= 15 is 0 Å². The van der Waals surface area contributed by atoms with Crippen LogP contribution in [0.4, 0.5) is 0 Å². The topological polar surface area (TPSA) is 113 Å². The Labute approximate surface area is 267 Å². The number of hydrogen-bond donors (Lipinski definition) is 3. The molecular weight excluding hydrogens is 563 g/mol. The van der Waals surface area contributed by atoms with Crippen LogP contribution in [0.15, 0.2) is 78.9 Å². The van der Waals surface area contributed by atoms with Crippen molar-refractivity contribution in [2.24, 2.45) is 5.92 Å². The Morgan fingerprint density at radius 1 is 1.07 bits per heavy atom. The van der Waals surface area contributed by atoms with Gasteiger partial charge < -0.3 is 10.4 Å². The minimum absolute atomic E-state index is 0. The van der Waals surface area contributed by atoms with Gasteiger partial charge in [-0.05, 0) is 54.9 Å². The number of nitrogens with one attached hydrogen (secondary N) is 2. The standard InChI is InChI=1S/C32H42N2O5S2.Li/c1-4-5-23-41(38,39)31(33-21-18-25-14-7-6-8-15-25)32(26-16-10-9-13-24(26)2)20-12-11-17-27(32)29(35)34-28(30(36)37)19-22-40-3;/h6-17,20,27-28,31,33H,4-5,18-19,21-23H2,1-3H3,(H,34,35)(H,36,37);/q;+1. The Hall–Kier alpha value is -2.28. The molecule has 10 heteroatoms. The van der Waals surface area contributed by atoms with Crippen LogP contribution in [0.3, 0.4) is 0 Å². The number of unbranched alkanes of at least 4 members (excludes halogenated alkanes) is 1. The third-order valence-corrected chi connectivity index (χ3v) is 10.4. The second-order valence-electron chi connectivity index (χ2n) is 10.4. The second-order valence-corrected chi connectivity index (χ2v) is 13.6. The van der Waals surface area contributed by atoms with Crippen molar-refractivity contribution in [1.29, 1.82) is 0 Å². The Balaban J connectivity index is 0.00000616. The van der Waals surface area contributed by atoms with E-state index in [2.05, 4.69) is 10.6 Å². The van der Waals surface area contributed by atoms with Crippen LogP contribution in [-0.2, 0) is 31.3 Å². The summed E-state index contributed by atoms with van der Waals surface area (Å²) >= 11 is 1.50. The molecule has 0 heterocycles. The second kappa shape index (κ2) is 17.1. The van der Waals surface area contributed by atoms with Gasteiger partial charge in [0.2, 0.25) is 5.91 Å². The van der Waals surface area contributed by atoms with E-state index in [1.54, 1.807) is 18.2 Å². The SMILES string of the molecule is CCCCS(=O)(=O)C(NCCc1ccccc1)C1(c2ccccc2C)C=CC=CC1C(=O)NC(CCSC)C(=O)O.[Li+]. The monoisotopic (exact) mass is 605 g/mol. The molecule has 222 valence electrons. The number of carbonyl (C=O) groups is 2. The van der Waals surface area contributed by atoms with Crippen LogP contribution in [0.25, 0.3) is 0 Å². The number of aryl methyl sites for hydroxylation is 1. The molecule has 1 aliphatic rings. The van der Waals surface area contributed by atoms with Gasteiger partial charge in [-0.2, -0.15) is 11.8 Å². The van der Waals surface area contributed by atoms with Crippen molar-refractivity contribution in [2.75, 3.05) is 24.3 Å². The largest absolute Gasteiger partial charge is 1.00 e. The normalized spacial score (nSPS) is 19.5. The minimum Gasteiger partial charge on any atom is -0.480 e. The maximum atomic E-state index is 14.2. The summed E-state index contributed by atoms with van der Waals surface area (Å²) in [5.41, 5.74) is 1.33. The van der Waals surface area contributed by atoms with Crippen LogP contribution in [0.5, 0.6) is 0 Å². The van der Waals surface area contributed by atoms with E-state index < -0.39 is 44.5 Å². The van der Waals surface area contributed by atoms with Crippen molar-refractivity contribution in [3.63, 3.8) is 0 Å². The van der Waals surface area contributed by atoms with Crippen LogP contribution in [-0.4, -0.2) is 61.1 Å². The summed E-state index contributed by atoms with van der Waals surface area (Å²) in [5.74, 6) is -2.05. The number of carboxylic acids is 1. The third kappa shape index (κ3) is 8.87. The molecule has 4 unspecified atom stereocenters. The fourth-order valence-corrected chi connectivity index (χ4v) is 8.18. The van der Waals surface area contributed by atoms with Gasteiger partial charge in [0.05, 0.1) is 17.1 Å². The molecule has 7 nitrogen and oxygen atoms in total. The number of thioether (sulfide) groups is 1. The molecule has 1 amide bonds. The van der Waals surface area contributed by atoms with Crippen molar-refractivity contribution in [2.45, 2.75) is 56.4 Å². The number of benzene rings is 2. The third-order valence-electron chi connectivity index (χ3n) is 7.58. The van der Waals surface area contributed by atoms with Crippen LogP contribution in [0.1, 0.15) is 42.9 Å². The number of allylic oxidation sites excluding steroid dienone is 2. The first-order valence-electron chi connectivity index (χ1n) is 14.1. The quantitative estimate of drug-likeness (QED) is 0.250. The predicted octanol–water partition coefficient (Wildman–Crippen LogP) is 1.67. The van der Waals surface area contributed by atoms with Crippen molar-refractivity contribution >= 4 is 33.5 Å². The first-order valence-corrected chi connectivity index (χ1v) is 17.2. The van der Waals surface area contributed by atoms with Crippen molar-refractivity contribution in [1.82, 2.24) is 10.6 Å². The molecule has 0 spiro atoms. The number of carbonyl (C=O) groups excluding carboxylic acids is 1. The van der Waals surface area contributed by atoms with Crippen molar-refractivity contribution in [3.8, 4) is 0 Å². The molecule has 0 bridgehead atoms. The van der Waals surface area contributed by atoms with Gasteiger partial charge in [0, 0.05) is 6.54 Å². The zero-order valence-electron chi connectivity index (χ0n) is 25.1. The molecule has 2 aromatic rings. The molecule has 4 atom stereocenters. The van der Waals surface area contributed by atoms with Gasteiger partial charge in [-0.15, -0.1) is 0 Å². The molecule has 0 saturated heterocycles. The Bertz CT molecular complexity index is 1330. The van der Waals surface area contributed by atoms with Gasteiger partial charge in [0.25, 0.3) is 0 Å². The van der Waals surface area contributed by atoms with Crippen LogP contribution in [0.2, 0.25) is 0 Å². The summed E-state index contributed by atoms with van der Waals surface area (Å²) in [7, 11) is -3.78. The van der Waals surface area contributed by atoms with E-state index in [1.807, 2.05) is 80.8 Å². The van der Waals surface area contributed by atoms with Crippen LogP contribution < -0.4 is 29.5 Å². The molecule has 1 aliphatic carbocycles. The van der Waals surface area contributed by atoms with Gasteiger partial charge in [-0.25, -0.2) is 13.2 Å². The van der Waals surface area contributed by atoms with Gasteiger partial charge in [0.1, 0.15) is 11.4 Å². The van der Waals surface area contributed by atoms with E-state index in [0.29, 0.717) is 37.1 Å². The number of sulfone groups is 1. The van der Waals surface area contributed by atoms with Crippen molar-refractivity contribution in [3.05, 3.63) is 95.6 Å². The predicted molar refractivity (Wildman–Crippen MR) is 168 cm³/mol. The molecule has 2 aromatic carbocycles.